The summed E-state index contributed by atoms with van der Waals surface area (Å²) in [5.74, 6) is 2.01. The predicted molar refractivity (Wildman–Crippen MR) is 117 cm³/mol. The molecule has 1 heterocycles. The van der Waals surface area contributed by atoms with Crippen LogP contribution in [0.1, 0.15) is 40.0 Å². The number of hydrogen-bond acceptors (Lipinski definition) is 4. The van der Waals surface area contributed by atoms with Crippen molar-refractivity contribution in [3.8, 4) is 0 Å². The summed E-state index contributed by atoms with van der Waals surface area (Å²) in [6.45, 7) is 11.9. The maximum Gasteiger partial charge on any atom is 0.0900 e. The topological polar surface area (TPSA) is 35.9 Å². The molecule has 0 radical (unpaired) electrons. The van der Waals surface area contributed by atoms with Crippen LogP contribution in [0.3, 0.4) is 0 Å². The van der Waals surface area contributed by atoms with Crippen LogP contribution in [-0.4, -0.2) is 61.5 Å². The number of benzene rings is 1. The van der Waals surface area contributed by atoms with Gasteiger partial charge in [0.2, 0.25) is 0 Å². The highest BCUT2D eigenvalue weighted by atomic mass is 35.5. The number of hydrogen-bond donors (Lipinski definition) is 1. The zero-order chi connectivity index (χ0) is 20.1. The molecule has 1 N–H and O–H groups in total. The minimum absolute atomic E-state index is 0.304. The Bertz CT molecular complexity index is 604. The van der Waals surface area contributed by atoms with E-state index in [1.165, 1.54) is 18.5 Å². The van der Waals surface area contributed by atoms with Crippen LogP contribution in [0.5, 0.6) is 0 Å². The molecule has 1 aromatic carbocycles. The maximum absolute atomic E-state index is 10.5. The van der Waals surface area contributed by atoms with Crippen LogP contribution in [0.4, 0.5) is 5.69 Å². The van der Waals surface area contributed by atoms with Gasteiger partial charge in [0.15, 0.2) is 0 Å². The molecule has 5 heteroatoms. The zero-order valence-corrected chi connectivity index (χ0v) is 18.4. The third-order valence-electron chi connectivity index (χ3n) is 6.48. The highest BCUT2D eigenvalue weighted by Crippen LogP contribution is 2.35. The van der Waals surface area contributed by atoms with Crippen molar-refractivity contribution in [2.75, 3.05) is 44.2 Å². The number of ether oxygens (including phenoxy) is 1. The average molecular weight is 409 g/mol. The summed E-state index contributed by atoms with van der Waals surface area (Å²) in [6.07, 6.45) is 3.59. The molecule has 1 saturated heterocycles. The van der Waals surface area contributed by atoms with Gasteiger partial charge in [-0.15, -0.1) is 0 Å². The van der Waals surface area contributed by atoms with Gasteiger partial charge in [-0.25, -0.2) is 0 Å². The van der Waals surface area contributed by atoms with E-state index < -0.39 is 6.10 Å². The summed E-state index contributed by atoms with van der Waals surface area (Å²) in [6, 6.07) is 8.05. The molecule has 1 aliphatic carbocycles. The second-order valence-corrected chi connectivity index (χ2v) is 9.56. The molecule has 0 aromatic heterocycles. The molecule has 1 aromatic rings. The van der Waals surface area contributed by atoms with E-state index in [1.54, 1.807) is 0 Å². The maximum atomic E-state index is 10.5. The number of anilines is 1. The standard InChI is InChI=1S/C23H37ClN2O2/c1-17(2)22-8-7-18(3)13-23(22)28-16-21(27)15-25-9-11-26(12-10-25)20-6-4-5-19(24)14-20/h4-6,14,17-18,21-23,27H,7-13,15-16H2,1-3H3/t18-,21+,22+,23+/m0/s1. The monoisotopic (exact) mass is 408 g/mol. The van der Waals surface area contributed by atoms with Crippen molar-refractivity contribution in [3.05, 3.63) is 29.3 Å². The first-order valence-corrected chi connectivity index (χ1v) is 11.3. The van der Waals surface area contributed by atoms with E-state index in [9.17, 15) is 5.11 Å². The predicted octanol–water partition coefficient (Wildman–Crippen LogP) is 4.30. The van der Waals surface area contributed by atoms with Crippen molar-refractivity contribution < 1.29 is 9.84 Å². The van der Waals surface area contributed by atoms with Gasteiger partial charge in [-0.2, -0.15) is 0 Å². The molecule has 28 heavy (non-hydrogen) atoms. The van der Waals surface area contributed by atoms with Gasteiger partial charge >= 0.3 is 0 Å². The molecule has 0 unspecified atom stereocenters. The number of halogens is 1. The molecule has 0 bridgehead atoms. The normalized spacial score (nSPS) is 27.9. The Morgan fingerprint density at radius 1 is 1.18 bits per heavy atom. The molecule has 0 spiro atoms. The smallest absolute Gasteiger partial charge is 0.0900 e. The minimum atomic E-state index is -0.414. The van der Waals surface area contributed by atoms with E-state index in [0.717, 1.165) is 43.5 Å². The van der Waals surface area contributed by atoms with E-state index >= 15 is 0 Å². The van der Waals surface area contributed by atoms with Crippen molar-refractivity contribution in [3.63, 3.8) is 0 Å². The Morgan fingerprint density at radius 3 is 2.61 bits per heavy atom. The van der Waals surface area contributed by atoms with Crippen LogP contribution < -0.4 is 4.90 Å². The lowest BCUT2D eigenvalue weighted by molar-refractivity contribution is -0.0740. The molecule has 3 rings (SSSR count). The summed E-state index contributed by atoms with van der Waals surface area (Å²) in [5, 5.41) is 11.3. The van der Waals surface area contributed by atoms with Crippen LogP contribution in [0.2, 0.25) is 5.02 Å². The molecule has 158 valence electrons. The van der Waals surface area contributed by atoms with Crippen molar-refractivity contribution in [2.45, 2.75) is 52.2 Å². The molecule has 1 aliphatic heterocycles. The van der Waals surface area contributed by atoms with Crippen LogP contribution >= 0.6 is 11.6 Å². The summed E-state index contributed by atoms with van der Waals surface area (Å²) >= 11 is 6.11. The number of aliphatic hydroxyl groups excluding tert-OH is 1. The van der Waals surface area contributed by atoms with Crippen LogP contribution in [0.15, 0.2) is 24.3 Å². The van der Waals surface area contributed by atoms with Crippen molar-refractivity contribution in [1.29, 1.82) is 0 Å². The van der Waals surface area contributed by atoms with E-state index in [0.29, 0.717) is 31.1 Å². The van der Waals surface area contributed by atoms with Crippen molar-refractivity contribution in [2.24, 2.45) is 17.8 Å². The first kappa shape index (κ1) is 21.9. The van der Waals surface area contributed by atoms with E-state index in [4.69, 9.17) is 16.3 Å². The molecule has 0 amide bonds. The van der Waals surface area contributed by atoms with Gasteiger partial charge in [0.25, 0.3) is 0 Å². The fourth-order valence-electron chi connectivity index (χ4n) is 4.75. The minimum Gasteiger partial charge on any atom is -0.389 e. The molecule has 1 saturated carbocycles. The van der Waals surface area contributed by atoms with Gasteiger partial charge in [0, 0.05) is 43.4 Å². The van der Waals surface area contributed by atoms with E-state index in [-0.39, 0.29) is 0 Å². The van der Waals surface area contributed by atoms with Crippen LogP contribution in [0, 0.1) is 17.8 Å². The van der Waals surface area contributed by atoms with Crippen molar-refractivity contribution in [1.82, 2.24) is 4.90 Å². The lowest BCUT2D eigenvalue weighted by Gasteiger charge is -2.39. The fourth-order valence-corrected chi connectivity index (χ4v) is 4.94. The highest BCUT2D eigenvalue weighted by Gasteiger charge is 2.32. The number of aliphatic hydroxyl groups is 1. The number of β-amino-alcohol motifs (C(OH)–C–C–N with tert-alkyl or cyclic N) is 1. The quantitative estimate of drug-likeness (QED) is 0.729. The van der Waals surface area contributed by atoms with E-state index in [1.807, 2.05) is 18.2 Å². The van der Waals surface area contributed by atoms with E-state index in [2.05, 4.69) is 36.6 Å². The van der Waals surface area contributed by atoms with Gasteiger partial charge in [-0.1, -0.05) is 44.9 Å². The SMILES string of the molecule is CC(C)[C@H]1CC[C@H](C)C[C@H]1OC[C@H](O)CN1CCN(c2cccc(Cl)c2)CC1. The number of rotatable bonds is 7. The summed E-state index contributed by atoms with van der Waals surface area (Å²) in [4.78, 5) is 4.71. The van der Waals surface area contributed by atoms with Gasteiger partial charge in [0.1, 0.15) is 0 Å². The molecule has 2 aliphatic rings. The number of nitrogens with zero attached hydrogens (tertiary/aromatic N) is 2. The zero-order valence-electron chi connectivity index (χ0n) is 17.7. The average Bonchev–Trinajstić information content (AvgIpc) is 2.67. The first-order chi connectivity index (χ1) is 13.4. The Kier molecular flexibility index (Phi) is 8.04. The molecular weight excluding hydrogens is 372 g/mol. The Hall–Kier alpha value is -0.810. The Morgan fingerprint density at radius 2 is 1.93 bits per heavy atom. The highest BCUT2D eigenvalue weighted by molar-refractivity contribution is 6.30. The fraction of sp³-hybridized carbons (Fsp3) is 0.739. The summed E-state index contributed by atoms with van der Waals surface area (Å²) < 4.78 is 6.23. The molecule has 2 fully saturated rings. The Balaban J connectivity index is 1.41. The first-order valence-electron chi connectivity index (χ1n) is 10.9. The molecule has 4 atom stereocenters. The molecular formula is C23H37ClN2O2. The third kappa shape index (κ3) is 6.09. The van der Waals surface area contributed by atoms with Crippen LogP contribution in [0.25, 0.3) is 0 Å². The van der Waals surface area contributed by atoms with Gasteiger partial charge in [-0.3, -0.25) is 4.90 Å². The lowest BCUT2D eigenvalue weighted by Crippen LogP contribution is -2.49. The third-order valence-corrected chi connectivity index (χ3v) is 6.71. The Labute approximate surface area is 175 Å². The van der Waals surface area contributed by atoms with Gasteiger partial charge in [-0.05, 0) is 48.8 Å². The molecule has 4 nitrogen and oxygen atoms in total. The second-order valence-electron chi connectivity index (χ2n) is 9.12. The van der Waals surface area contributed by atoms with Crippen LogP contribution in [-0.2, 0) is 4.74 Å². The lowest BCUT2D eigenvalue weighted by atomic mass is 9.75. The summed E-state index contributed by atoms with van der Waals surface area (Å²) in [7, 11) is 0. The number of piperazine rings is 1. The van der Waals surface area contributed by atoms with Crippen molar-refractivity contribution >= 4 is 17.3 Å². The van der Waals surface area contributed by atoms with Gasteiger partial charge < -0.3 is 14.7 Å². The van der Waals surface area contributed by atoms with Gasteiger partial charge in [0.05, 0.1) is 18.8 Å². The largest absolute Gasteiger partial charge is 0.389 e. The summed E-state index contributed by atoms with van der Waals surface area (Å²) in [5.41, 5.74) is 1.18. The second kappa shape index (κ2) is 10.3.